The predicted molar refractivity (Wildman–Crippen MR) is 77.5 cm³/mol. The molecule has 4 nitrogen and oxygen atoms in total. The topological polar surface area (TPSA) is 53.4 Å². The van der Waals surface area contributed by atoms with Crippen molar-refractivity contribution in [2.24, 2.45) is 0 Å². The summed E-state index contributed by atoms with van der Waals surface area (Å²) in [6.45, 7) is 3.54. The van der Waals surface area contributed by atoms with Gasteiger partial charge in [-0.25, -0.2) is 0 Å². The van der Waals surface area contributed by atoms with Crippen LogP contribution in [0, 0.1) is 6.92 Å². The standard InChI is InChI=1S/C16H18N2O2/c1-11-4-6-13-9-12(5-7-14(13)17-11)10-18-8-2-3-15(18)16(19)20/h4-7,9,15H,2-3,8,10H2,1H3,(H,19,20). The van der Waals surface area contributed by atoms with Gasteiger partial charge in [0.25, 0.3) is 0 Å². The zero-order chi connectivity index (χ0) is 14.1. The smallest absolute Gasteiger partial charge is 0.320 e. The first-order valence-electron chi connectivity index (χ1n) is 6.96. The quantitative estimate of drug-likeness (QED) is 0.931. The van der Waals surface area contributed by atoms with Gasteiger partial charge in [0.15, 0.2) is 0 Å². The first-order valence-corrected chi connectivity index (χ1v) is 6.96. The van der Waals surface area contributed by atoms with E-state index in [0.29, 0.717) is 6.54 Å². The van der Waals surface area contributed by atoms with Gasteiger partial charge in [-0.2, -0.15) is 0 Å². The molecule has 2 heterocycles. The average Bonchev–Trinajstić information content (AvgIpc) is 2.87. The lowest BCUT2D eigenvalue weighted by atomic mass is 10.1. The minimum atomic E-state index is -0.708. The van der Waals surface area contributed by atoms with Gasteiger partial charge in [-0.3, -0.25) is 14.7 Å². The molecule has 1 aromatic carbocycles. The number of hydrogen-bond donors (Lipinski definition) is 1. The third-order valence-electron chi connectivity index (χ3n) is 3.93. The lowest BCUT2D eigenvalue weighted by Gasteiger charge is -2.21. The van der Waals surface area contributed by atoms with Gasteiger partial charge < -0.3 is 5.11 Å². The van der Waals surface area contributed by atoms with Gasteiger partial charge in [0.05, 0.1) is 5.52 Å². The Morgan fingerprint density at radius 1 is 1.40 bits per heavy atom. The Morgan fingerprint density at radius 2 is 2.25 bits per heavy atom. The van der Waals surface area contributed by atoms with E-state index in [1.54, 1.807) is 0 Å². The highest BCUT2D eigenvalue weighted by atomic mass is 16.4. The van der Waals surface area contributed by atoms with Crippen LogP contribution < -0.4 is 0 Å². The number of rotatable bonds is 3. The maximum atomic E-state index is 11.2. The molecule has 1 fully saturated rings. The Labute approximate surface area is 118 Å². The number of carbonyl (C=O) groups is 1. The molecule has 104 valence electrons. The van der Waals surface area contributed by atoms with Gasteiger partial charge in [-0.1, -0.05) is 12.1 Å². The highest BCUT2D eigenvalue weighted by Crippen LogP contribution is 2.22. The molecular weight excluding hydrogens is 252 g/mol. The molecule has 2 aromatic rings. The molecule has 1 unspecified atom stereocenters. The molecule has 1 atom stereocenters. The second-order valence-corrected chi connectivity index (χ2v) is 5.45. The van der Waals surface area contributed by atoms with Gasteiger partial charge >= 0.3 is 5.97 Å². The predicted octanol–water partition coefficient (Wildman–Crippen LogP) is 2.59. The van der Waals surface area contributed by atoms with Crippen molar-refractivity contribution in [3.05, 3.63) is 41.6 Å². The minimum absolute atomic E-state index is 0.332. The van der Waals surface area contributed by atoms with Crippen LogP contribution in [0.15, 0.2) is 30.3 Å². The molecule has 1 saturated heterocycles. The summed E-state index contributed by atoms with van der Waals surface area (Å²) in [5, 5.41) is 10.3. The highest BCUT2D eigenvalue weighted by Gasteiger charge is 2.30. The zero-order valence-corrected chi connectivity index (χ0v) is 11.5. The van der Waals surface area contributed by atoms with E-state index < -0.39 is 5.97 Å². The first kappa shape index (κ1) is 13.1. The maximum Gasteiger partial charge on any atom is 0.320 e. The van der Waals surface area contributed by atoms with Crippen LogP contribution in [0.1, 0.15) is 24.1 Å². The fourth-order valence-corrected chi connectivity index (χ4v) is 2.90. The third-order valence-corrected chi connectivity index (χ3v) is 3.93. The number of aliphatic carboxylic acids is 1. The number of benzene rings is 1. The molecule has 1 N–H and O–H groups in total. The second-order valence-electron chi connectivity index (χ2n) is 5.45. The Bertz CT molecular complexity index is 654. The SMILES string of the molecule is Cc1ccc2cc(CN3CCCC3C(=O)O)ccc2n1. The third kappa shape index (κ3) is 2.51. The second kappa shape index (κ2) is 5.21. The number of aromatic nitrogens is 1. The fourth-order valence-electron chi connectivity index (χ4n) is 2.90. The van der Waals surface area contributed by atoms with E-state index in [9.17, 15) is 9.90 Å². The molecule has 1 aliphatic rings. The maximum absolute atomic E-state index is 11.2. The number of carboxylic acid groups (broad SMARTS) is 1. The molecule has 1 aromatic heterocycles. The summed E-state index contributed by atoms with van der Waals surface area (Å²) < 4.78 is 0. The summed E-state index contributed by atoms with van der Waals surface area (Å²) >= 11 is 0. The highest BCUT2D eigenvalue weighted by molar-refractivity contribution is 5.79. The van der Waals surface area contributed by atoms with Crippen LogP contribution in [-0.2, 0) is 11.3 Å². The van der Waals surface area contributed by atoms with Gasteiger partial charge in [-0.05, 0) is 50.1 Å². The molecule has 20 heavy (non-hydrogen) atoms. The normalized spacial score (nSPS) is 19.6. The van der Waals surface area contributed by atoms with E-state index in [4.69, 9.17) is 0 Å². The molecule has 1 aliphatic heterocycles. The van der Waals surface area contributed by atoms with Crippen LogP contribution in [0.5, 0.6) is 0 Å². The van der Waals surface area contributed by atoms with Gasteiger partial charge in [0.1, 0.15) is 6.04 Å². The van der Waals surface area contributed by atoms with E-state index in [0.717, 1.165) is 41.5 Å². The Kier molecular flexibility index (Phi) is 3.40. The van der Waals surface area contributed by atoms with Crippen LogP contribution in [0.2, 0.25) is 0 Å². The lowest BCUT2D eigenvalue weighted by Crippen LogP contribution is -2.35. The Morgan fingerprint density at radius 3 is 3.05 bits per heavy atom. The summed E-state index contributed by atoms with van der Waals surface area (Å²) in [7, 11) is 0. The number of fused-ring (bicyclic) bond motifs is 1. The van der Waals surface area contributed by atoms with Gasteiger partial charge in [0, 0.05) is 17.6 Å². The van der Waals surface area contributed by atoms with Crippen molar-refractivity contribution in [1.29, 1.82) is 0 Å². The summed E-state index contributed by atoms with van der Waals surface area (Å²) in [5.74, 6) is -0.708. The van der Waals surface area contributed by atoms with Crippen LogP contribution in [0.25, 0.3) is 10.9 Å². The minimum Gasteiger partial charge on any atom is -0.480 e. The lowest BCUT2D eigenvalue weighted by molar-refractivity contribution is -0.142. The molecule has 0 bridgehead atoms. The van der Waals surface area contributed by atoms with Crippen LogP contribution >= 0.6 is 0 Å². The molecule has 0 radical (unpaired) electrons. The fraction of sp³-hybridized carbons (Fsp3) is 0.375. The molecular formula is C16H18N2O2. The zero-order valence-electron chi connectivity index (χ0n) is 11.5. The molecule has 0 saturated carbocycles. The summed E-state index contributed by atoms with van der Waals surface area (Å²) in [6, 6.07) is 9.91. The molecule has 0 spiro atoms. The number of aryl methyl sites for hydroxylation is 1. The first-order chi connectivity index (χ1) is 9.63. The van der Waals surface area contributed by atoms with Crippen LogP contribution in [0.4, 0.5) is 0 Å². The molecule has 3 rings (SSSR count). The van der Waals surface area contributed by atoms with Crippen LogP contribution in [-0.4, -0.2) is 33.5 Å². The molecule has 0 amide bonds. The Balaban J connectivity index is 1.84. The van der Waals surface area contributed by atoms with E-state index in [1.165, 1.54) is 0 Å². The Hall–Kier alpha value is -1.94. The van der Waals surface area contributed by atoms with Crippen molar-refractivity contribution in [2.45, 2.75) is 32.4 Å². The van der Waals surface area contributed by atoms with E-state index in [1.807, 2.05) is 30.0 Å². The van der Waals surface area contributed by atoms with Crippen molar-refractivity contribution in [1.82, 2.24) is 9.88 Å². The number of likely N-dealkylation sites (tertiary alicyclic amines) is 1. The van der Waals surface area contributed by atoms with Crippen molar-refractivity contribution in [2.75, 3.05) is 6.54 Å². The van der Waals surface area contributed by atoms with Crippen molar-refractivity contribution in [3.63, 3.8) is 0 Å². The monoisotopic (exact) mass is 270 g/mol. The van der Waals surface area contributed by atoms with Crippen molar-refractivity contribution in [3.8, 4) is 0 Å². The number of carboxylic acids is 1. The van der Waals surface area contributed by atoms with E-state index in [2.05, 4.69) is 17.1 Å². The van der Waals surface area contributed by atoms with Crippen molar-refractivity contribution < 1.29 is 9.90 Å². The number of hydrogen-bond acceptors (Lipinski definition) is 3. The summed E-state index contributed by atoms with van der Waals surface area (Å²) in [5.41, 5.74) is 3.15. The number of pyridine rings is 1. The molecule has 4 heteroatoms. The van der Waals surface area contributed by atoms with Crippen LogP contribution in [0.3, 0.4) is 0 Å². The summed E-state index contributed by atoms with van der Waals surface area (Å²) in [4.78, 5) is 17.7. The van der Waals surface area contributed by atoms with Gasteiger partial charge in [0.2, 0.25) is 0 Å². The van der Waals surface area contributed by atoms with Gasteiger partial charge in [-0.15, -0.1) is 0 Å². The molecule has 0 aliphatic carbocycles. The van der Waals surface area contributed by atoms with E-state index >= 15 is 0 Å². The van der Waals surface area contributed by atoms with Crippen molar-refractivity contribution >= 4 is 16.9 Å². The number of nitrogens with zero attached hydrogens (tertiary/aromatic N) is 2. The summed E-state index contributed by atoms with van der Waals surface area (Å²) in [6.07, 6.45) is 1.72. The largest absolute Gasteiger partial charge is 0.480 e. The van der Waals surface area contributed by atoms with E-state index in [-0.39, 0.29) is 6.04 Å². The average molecular weight is 270 g/mol.